The number of hydrogen-bond acceptors (Lipinski definition) is 3. The van der Waals surface area contributed by atoms with Crippen molar-refractivity contribution in [1.29, 1.82) is 0 Å². The molecule has 2 aromatic rings. The van der Waals surface area contributed by atoms with Crippen molar-refractivity contribution in [2.45, 2.75) is 6.92 Å². The summed E-state index contributed by atoms with van der Waals surface area (Å²) in [5.41, 5.74) is 2.96. The zero-order valence-electron chi connectivity index (χ0n) is 8.77. The zero-order chi connectivity index (χ0) is 10.7. The Balaban J connectivity index is 2.59. The van der Waals surface area contributed by atoms with Crippen LogP contribution in [0.1, 0.15) is 5.56 Å². The van der Waals surface area contributed by atoms with Crippen molar-refractivity contribution < 1.29 is 4.74 Å². The van der Waals surface area contributed by atoms with E-state index in [1.54, 1.807) is 19.5 Å². The van der Waals surface area contributed by atoms with Crippen molar-refractivity contribution >= 4 is 0 Å². The third-order valence-electron chi connectivity index (χ3n) is 2.23. The average molecular weight is 200 g/mol. The fourth-order valence-corrected chi connectivity index (χ4v) is 1.50. The summed E-state index contributed by atoms with van der Waals surface area (Å²) in [6.45, 7) is 2.02. The van der Waals surface area contributed by atoms with Gasteiger partial charge in [0.1, 0.15) is 0 Å². The molecular formula is C12H12N2O. The molecule has 2 heterocycles. The number of nitrogens with zero attached hydrogens (tertiary/aromatic N) is 2. The van der Waals surface area contributed by atoms with Crippen LogP contribution in [0.4, 0.5) is 0 Å². The minimum atomic E-state index is 0.610. The van der Waals surface area contributed by atoms with E-state index in [2.05, 4.69) is 9.97 Å². The predicted octanol–water partition coefficient (Wildman–Crippen LogP) is 2.46. The van der Waals surface area contributed by atoms with E-state index in [1.807, 2.05) is 31.2 Å². The molecule has 15 heavy (non-hydrogen) atoms. The highest BCUT2D eigenvalue weighted by Crippen LogP contribution is 2.27. The van der Waals surface area contributed by atoms with Crippen molar-refractivity contribution in [3.8, 4) is 17.1 Å². The smallest absolute Gasteiger partial charge is 0.222 e. The number of ether oxygens (including phenoxy) is 1. The van der Waals surface area contributed by atoms with Crippen LogP contribution in [0.15, 0.2) is 36.7 Å². The highest BCUT2D eigenvalue weighted by atomic mass is 16.5. The van der Waals surface area contributed by atoms with Crippen LogP contribution in [-0.4, -0.2) is 17.1 Å². The van der Waals surface area contributed by atoms with Gasteiger partial charge < -0.3 is 4.74 Å². The molecule has 0 aliphatic rings. The van der Waals surface area contributed by atoms with Gasteiger partial charge in [-0.3, -0.25) is 4.98 Å². The van der Waals surface area contributed by atoms with E-state index < -0.39 is 0 Å². The molecule has 0 radical (unpaired) electrons. The Labute approximate surface area is 88.8 Å². The quantitative estimate of drug-likeness (QED) is 0.747. The van der Waals surface area contributed by atoms with E-state index in [9.17, 15) is 0 Å². The molecule has 76 valence electrons. The Hall–Kier alpha value is -1.90. The standard InChI is InChI=1S/C12H12N2O/c1-9-5-3-7-13-11(9)10-6-4-8-14-12(10)15-2/h3-8H,1-2H3. The number of aromatic nitrogens is 2. The van der Waals surface area contributed by atoms with Crippen LogP contribution >= 0.6 is 0 Å². The Morgan fingerprint density at radius 2 is 1.80 bits per heavy atom. The first kappa shape index (κ1) is 9.65. The minimum absolute atomic E-state index is 0.610. The molecule has 2 aromatic heterocycles. The van der Waals surface area contributed by atoms with Gasteiger partial charge in [0, 0.05) is 12.4 Å². The van der Waals surface area contributed by atoms with Crippen molar-refractivity contribution in [3.63, 3.8) is 0 Å². The predicted molar refractivity (Wildman–Crippen MR) is 58.8 cm³/mol. The van der Waals surface area contributed by atoms with Crippen LogP contribution in [0.3, 0.4) is 0 Å². The SMILES string of the molecule is COc1ncccc1-c1ncccc1C. The van der Waals surface area contributed by atoms with Gasteiger partial charge in [0.15, 0.2) is 0 Å². The van der Waals surface area contributed by atoms with Gasteiger partial charge in [-0.25, -0.2) is 4.98 Å². The van der Waals surface area contributed by atoms with E-state index >= 15 is 0 Å². The second kappa shape index (κ2) is 4.09. The molecule has 0 amide bonds. The van der Waals surface area contributed by atoms with Gasteiger partial charge in [-0.2, -0.15) is 0 Å². The number of rotatable bonds is 2. The largest absolute Gasteiger partial charge is 0.481 e. The lowest BCUT2D eigenvalue weighted by atomic mass is 10.1. The second-order valence-corrected chi connectivity index (χ2v) is 3.23. The molecule has 3 heteroatoms. The third-order valence-corrected chi connectivity index (χ3v) is 2.23. The molecule has 3 nitrogen and oxygen atoms in total. The molecule has 0 aliphatic carbocycles. The zero-order valence-corrected chi connectivity index (χ0v) is 8.77. The van der Waals surface area contributed by atoms with Crippen LogP contribution < -0.4 is 4.74 Å². The topological polar surface area (TPSA) is 35.0 Å². The summed E-state index contributed by atoms with van der Waals surface area (Å²) in [5.74, 6) is 0.610. The lowest BCUT2D eigenvalue weighted by Crippen LogP contribution is -1.94. The number of methoxy groups -OCH3 is 1. The summed E-state index contributed by atoms with van der Waals surface area (Å²) in [7, 11) is 1.62. The summed E-state index contributed by atoms with van der Waals surface area (Å²) in [4.78, 5) is 8.49. The molecule has 0 bridgehead atoms. The van der Waals surface area contributed by atoms with Crippen molar-refractivity contribution in [1.82, 2.24) is 9.97 Å². The number of hydrogen-bond donors (Lipinski definition) is 0. The summed E-state index contributed by atoms with van der Waals surface area (Å²) >= 11 is 0. The molecule has 0 fully saturated rings. The maximum absolute atomic E-state index is 5.20. The van der Waals surface area contributed by atoms with E-state index in [0.29, 0.717) is 5.88 Å². The van der Waals surface area contributed by atoms with Crippen LogP contribution in [0.5, 0.6) is 5.88 Å². The first-order valence-corrected chi connectivity index (χ1v) is 4.74. The Bertz CT molecular complexity index is 469. The second-order valence-electron chi connectivity index (χ2n) is 3.23. The van der Waals surface area contributed by atoms with E-state index in [0.717, 1.165) is 16.8 Å². The molecule has 0 saturated carbocycles. The van der Waals surface area contributed by atoms with Gasteiger partial charge in [-0.05, 0) is 30.7 Å². The molecule has 2 rings (SSSR count). The molecule has 0 saturated heterocycles. The maximum Gasteiger partial charge on any atom is 0.222 e. The molecule has 0 aromatic carbocycles. The first-order chi connectivity index (χ1) is 7.33. The fourth-order valence-electron chi connectivity index (χ4n) is 1.50. The van der Waals surface area contributed by atoms with Gasteiger partial charge in [-0.1, -0.05) is 6.07 Å². The maximum atomic E-state index is 5.20. The van der Waals surface area contributed by atoms with Crippen LogP contribution in [-0.2, 0) is 0 Å². The van der Waals surface area contributed by atoms with Gasteiger partial charge in [-0.15, -0.1) is 0 Å². The van der Waals surface area contributed by atoms with E-state index in [1.165, 1.54) is 0 Å². The summed E-state index contributed by atoms with van der Waals surface area (Å²) in [6, 6.07) is 7.78. The average Bonchev–Trinajstić information content (AvgIpc) is 2.30. The monoisotopic (exact) mass is 200 g/mol. The molecular weight excluding hydrogens is 188 g/mol. The number of pyridine rings is 2. The van der Waals surface area contributed by atoms with Gasteiger partial charge in [0.2, 0.25) is 5.88 Å². The molecule has 0 unspecified atom stereocenters. The molecule has 0 N–H and O–H groups in total. The van der Waals surface area contributed by atoms with Gasteiger partial charge in [0.25, 0.3) is 0 Å². The molecule has 0 atom stereocenters. The van der Waals surface area contributed by atoms with Crippen molar-refractivity contribution in [2.24, 2.45) is 0 Å². The fraction of sp³-hybridized carbons (Fsp3) is 0.167. The number of aryl methyl sites for hydroxylation is 1. The van der Waals surface area contributed by atoms with E-state index in [-0.39, 0.29) is 0 Å². The Morgan fingerprint density at radius 3 is 2.53 bits per heavy atom. The Kier molecular flexibility index (Phi) is 2.63. The molecule has 0 aliphatic heterocycles. The van der Waals surface area contributed by atoms with Crippen LogP contribution in [0.2, 0.25) is 0 Å². The highest BCUT2D eigenvalue weighted by Gasteiger charge is 2.08. The summed E-state index contributed by atoms with van der Waals surface area (Å²) < 4.78 is 5.20. The van der Waals surface area contributed by atoms with E-state index in [4.69, 9.17) is 4.74 Å². The van der Waals surface area contributed by atoms with Crippen LogP contribution in [0, 0.1) is 6.92 Å². The highest BCUT2D eigenvalue weighted by molar-refractivity contribution is 5.67. The van der Waals surface area contributed by atoms with Gasteiger partial charge >= 0.3 is 0 Å². The summed E-state index contributed by atoms with van der Waals surface area (Å²) in [5, 5.41) is 0. The normalized spacial score (nSPS) is 10.0. The van der Waals surface area contributed by atoms with Crippen LogP contribution in [0.25, 0.3) is 11.3 Å². The first-order valence-electron chi connectivity index (χ1n) is 4.74. The van der Waals surface area contributed by atoms with Gasteiger partial charge in [0.05, 0.1) is 18.4 Å². The molecule has 0 spiro atoms. The third kappa shape index (κ3) is 1.81. The summed E-state index contributed by atoms with van der Waals surface area (Å²) in [6.07, 6.45) is 3.48. The van der Waals surface area contributed by atoms with Crippen molar-refractivity contribution in [3.05, 3.63) is 42.2 Å². The lowest BCUT2D eigenvalue weighted by Gasteiger charge is -2.07. The lowest BCUT2D eigenvalue weighted by molar-refractivity contribution is 0.399. The minimum Gasteiger partial charge on any atom is -0.481 e. The van der Waals surface area contributed by atoms with Crippen molar-refractivity contribution in [2.75, 3.05) is 7.11 Å². The Morgan fingerprint density at radius 1 is 1.07 bits per heavy atom.